The highest BCUT2D eigenvalue weighted by atomic mass is 35.5. The lowest BCUT2D eigenvalue weighted by atomic mass is 9.98. The number of hydrogen-bond acceptors (Lipinski definition) is 5. The van der Waals surface area contributed by atoms with Crippen LogP contribution in [-0.4, -0.2) is 46.7 Å². The first-order chi connectivity index (χ1) is 17.3. The smallest absolute Gasteiger partial charge is 0.408 e. The highest BCUT2D eigenvalue weighted by Crippen LogP contribution is 2.30. The molecule has 200 valence electrons. The van der Waals surface area contributed by atoms with E-state index < -0.39 is 35.6 Å². The SMILES string of the molecule is C=CCN(C(=O)C(CS)NC(=O)OC(C)(C)C)C(C(=O)Nc1c(C)cccc1Cl)c1ccc(C)c(C)c1. The fourth-order valence-electron chi connectivity index (χ4n) is 3.69. The molecule has 0 saturated heterocycles. The molecule has 0 aromatic heterocycles. The maximum absolute atomic E-state index is 13.8. The fourth-order valence-corrected chi connectivity index (χ4v) is 4.20. The van der Waals surface area contributed by atoms with Crippen molar-refractivity contribution in [2.24, 2.45) is 0 Å². The van der Waals surface area contributed by atoms with Crippen LogP contribution < -0.4 is 10.6 Å². The van der Waals surface area contributed by atoms with Crippen LogP contribution in [0.25, 0.3) is 0 Å². The summed E-state index contributed by atoms with van der Waals surface area (Å²) in [5.41, 5.74) is 3.12. The van der Waals surface area contributed by atoms with Gasteiger partial charge in [-0.05, 0) is 69.9 Å². The predicted molar refractivity (Wildman–Crippen MR) is 152 cm³/mol. The van der Waals surface area contributed by atoms with Gasteiger partial charge in [-0.15, -0.1) is 6.58 Å². The van der Waals surface area contributed by atoms with Crippen molar-refractivity contribution in [2.45, 2.75) is 59.2 Å². The van der Waals surface area contributed by atoms with Gasteiger partial charge in [-0.25, -0.2) is 4.79 Å². The molecule has 0 aliphatic heterocycles. The first-order valence-electron chi connectivity index (χ1n) is 11.9. The second kappa shape index (κ2) is 13.0. The summed E-state index contributed by atoms with van der Waals surface area (Å²) in [6.07, 6.45) is 0.778. The van der Waals surface area contributed by atoms with Crippen molar-refractivity contribution in [2.75, 3.05) is 17.6 Å². The van der Waals surface area contributed by atoms with E-state index in [0.717, 1.165) is 16.7 Å². The number of carbonyl (C=O) groups is 3. The number of anilines is 1. The van der Waals surface area contributed by atoms with Gasteiger partial charge in [-0.1, -0.05) is 48.0 Å². The second-order valence-corrected chi connectivity index (χ2v) is 10.6. The Morgan fingerprint density at radius 2 is 1.78 bits per heavy atom. The van der Waals surface area contributed by atoms with E-state index in [4.69, 9.17) is 16.3 Å². The molecule has 2 aromatic rings. The van der Waals surface area contributed by atoms with Gasteiger partial charge in [0.2, 0.25) is 5.91 Å². The van der Waals surface area contributed by atoms with Crippen LogP contribution in [0.15, 0.2) is 49.1 Å². The molecule has 2 rings (SSSR count). The van der Waals surface area contributed by atoms with Crippen molar-refractivity contribution in [3.8, 4) is 0 Å². The Morgan fingerprint density at radius 1 is 1.11 bits per heavy atom. The number of alkyl carbamates (subject to hydrolysis) is 1. The summed E-state index contributed by atoms with van der Waals surface area (Å²) in [6.45, 7) is 14.7. The quantitative estimate of drug-likeness (QED) is 0.275. The summed E-state index contributed by atoms with van der Waals surface area (Å²) in [4.78, 5) is 41.4. The maximum Gasteiger partial charge on any atom is 0.408 e. The normalized spacial score (nSPS) is 12.8. The van der Waals surface area contributed by atoms with Crippen molar-refractivity contribution in [1.82, 2.24) is 10.2 Å². The van der Waals surface area contributed by atoms with Crippen molar-refractivity contribution < 1.29 is 19.1 Å². The molecule has 2 atom stereocenters. The Bertz CT molecular complexity index is 1140. The van der Waals surface area contributed by atoms with Gasteiger partial charge in [-0.2, -0.15) is 12.6 Å². The third-order valence-electron chi connectivity index (χ3n) is 5.66. The van der Waals surface area contributed by atoms with Crippen molar-refractivity contribution in [3.05, 3.63) is 76.3 Å². The van der Waals surface area contributed by atoms with Gasteiger partial charge in [0.1, 0.15) is 17.7 Å². The minimum absolute atomic E-state index is 0.00337. The van der Waals surface area contributed by atoms with Crippen molar-refractivity contribution in [3.63, 3.8) is 0 Å². The zero-order valence-electron chi connectivity index (χ0n) is 22.2. The van der Waals surface area contributed by atoms with E-state index in [2.05, 4.69) is 29.8 Å². The number of carbonyl (C=O) groups excluding carboxylic acids is 3. The molecule has 0 fully saturated rings. The first kappa shape index (κ1) is 30.3. The number of thiol groups is 1. The number of para-hydroxylation sites is 1. The second-order valence-electron chi connectivity index (χ2n) is 9.83. The maximum atomic E-state index is 13.8. The molecule has 2 aromatic carbocycles. The Labute approximate surface area is 230 Å². The summed E-state index contributed by atoms with van der Waals surface area (Å²) < 4.78 is 5.32. The molecule has 0 heterocycles. The Kier molecular flexibility index (Phi) is 10.6. The molecule has 0 aliphatic carbocycles. The van der Waals surface area contributed by atoms with E-state index in [-0.39, 0.29) is 12.3 Å². The predicted octanol–water partition coefficient (Wildman–Crippen LogP) is 5.78. The molecule has 0 radical (unpaired) electrons. The molecular formula is C28H36ClN3O4S. The number of rotatable bonds is 9. The van der Waals surface area contributed by atoms with E-state index >= 15 is 0 Å². The van der Waals surface area contributed by atoms with Gasteiger partial charge in [0.05, 0.1) is 10.7 Å². The minimum Gasteiger partial charge on any atom is -0.444 e. The molecule has 0 saturated carbocycles. The van der Waals surface area contributed by atoms with Crippen LogP contribution in [0.2, 0.25) is 5.02 Å². The van der Waals surface area contributed by atoms with E-state index in [9.17, 15) is 14.4 Å². The molecule has 7 nitrogen and oxygen atoms in total. The topological polar surface area (TPSA) is 87.7 Å². The number of nitrogens with one attached hydrogen (secondary N) is 2. The van der Waals surface area contributed by atoms with Crippen LogP contribution in [0.5, 0.6) is 0 Å². The van der Waals surface area contributed by atoms with E-state index in [1.54, 1.807) is 32.9 Å². The molecule has 3 amide bonds. The lowest BCUT2D eigenvalue weighted by Crippen LogP contribution is -2.53. The molecule has 37 heavy (non-hydrogen) atoms. The number of aryl methyl sites for hydroxylation is 3. The summed E-state index contributed by atoms with van der Waals surface area (Å²) >= 11 is 10.7. The molecule has 2 unspecified atom stereocenters. The molecule has 0 spiro atoms. The summed E-state index contributed by atoms with van der Waals surface area (Å²) in [5.74, 6) is -0.962. The summed E-state index contributed by atoms with van der Waals surface area (Å²) in [7, 11) is 0. The number of ether oxygens (including phenoxy) is 1. The third kappa shape index (κ3) is 8.27. The number of benzene rings is 2. The van der Waals surface area contributed by atoms with E-state index in [1.807, 2.05) is 45.0 Å². The zero-order chi connectivity index (χ0) is 27.9. The standard InChI is InChI=1S/C28H36ClN3O4S/c1-8-14-32(26(34)22(16-37)30-27(35)36-28(5,6)7)24(20-13-12-17(2)19(4)15-20)25(33)31-23-18(3)10-9-11-21(23)29/h8-13,15,22,24,37H,1,14,16H2,2-7H3,(H,30,35)(H,31,33). The molecular weight excluding hydrogens is 510 g/mol. The van der Waals surface area contributed by atoms with Crippen LogP contribution in [0.1, 0.15) is 49.1 Å². The number of halogens is 1. The highest BCUT2D eigenvalue weighted by molar-refractivity contribution is 7.80. The Balaban J connectivity index is 2.53. The van der Waals surface area contributed by atoms with Gasteiger partial charge in [0.15, 0.2) is 0 Å². The summed E-state index contributed by atoms with van der Waals surface area (Å²) in [6, 6.07) is 8.82. The number of hydrogen-bond donors (Lipinski definition) is 3. The lowest BCUT2D eigenvalue weighted by molar-refractivity contribution is -0.139. The number of amides is 3. The van der Waals surface area contributed by atoms with Crippen LogP contribution in [0, 0.1) is 20.8 Å². The average molecular weight is 546 g/mol. The van der Waals surface area contributed by atoms with Crippen LogP contribution in [-0.2, 0) is 14.3 Å². The first-order valence-corrected chi connectivity index (χ1v) is 12.9. The molecule has 9 heteroatoms. The van der Waals surface area contributed by atoms with Crippen LogP contribution in [0.4, 0.5) is 10.5 Å². The van der Waals surface area contributed by atoms with Gasteiger partial charge in [0, 0.05) is 12.3 Å². The number of nitrogens with zero attached hydrogens (tertiary/aromatic N) is 1. The van der Waals surface area contributed by atoms with Crippen molar-refractivity contribution in [1.29, 1.82) is 0 Å². The van der Waals surface area contributed by atoms with Crippen molar-refractivity contribution >= 4 is 47.8 Å². The zero-order valence-corrected chi connectivity index (χ0v) is 23.9. The largest absolute Gasteiger partial charge is 0.444 e. The van der Waals surface area contributed by atoms with Gasteiger partial charge in [0.25, 0.3) is 5.91 Å². The molecule has 0 bridgehead atoms. The van der Waals surface area contributed by atoms with E-state index in [1.165, 1.54) is 11.0 Å². The lowest BCUT2D eigenvalue weighted by Gasteiger charge is -2.34. The fraction of sp³-hybridized carbons (Fsp3) is 0.393. The monoisotopic (exact) mass is 545 g/mol. The Morgan fingerprint density at radius 3 is 2.32 bits per heavy atom. The van der Waals surface area contributed by atoms with Gasteiger partial charge < -0.3 is 20.3 Å². The molecule has 2 N–H and O–H groups in total. The van der Waals surface area contributed by atoms with Gasteiger partial charge in [-0.3, -0.25) is 9.59 Å². The van der Waals surface area contributed by atoms with Crippen LogP contribution in [0.3, 0.4) is 0 Å². The third-order valence-corrected chi connectivity index (χ3v) is 6.34. The van der Waals surface area contributed by atoms with Crippen LogP contribution >= 0.6 is 24.2 Å². The Hall–Kier alpha value is -2.97. The molecule has 0 aliphatic rings. The highest BCUT2D eigenvalue weighted by Gasteiger charge is 2.36. The van der Waals surface area contributed by atoms with E-state index in [0.29, 0.717) is 16.3 Å². The average Bonchev–Trinajstić information content (AvgIpc) is 2.80. The van der Waals surface area contributed by atoms with Gasteiger partial charge >= 0.3 is 6.09 Å². The minimum atomic E-state index is -1.04. The summed E-state index contributed by atoms with van der Waals surface area (Å²) in [5, 5.41) is 5.87.